The van der Waals surface area contributed by atoms with Crippen molar-refractivity contribution < 1.29 is 35.1 Å². The molecule has 1 aliphatic carbocycles. The number of allylic oxidation sites excluding steroid dienone is 1. The zero-order valence-corrected chi connectivity index (χ0v) is 19.2. The normalized spacial score (nSPS) is 19.0. The number of alkyl halides is 3. The lowest BCUT2D eigenvalue weighted by Crippen LogP contribution is -2.11. The van der Waals surface area contributed by atoms with Crippen molar-refractivity contribution in [3.05, 3.63) is 89.0 Å². The smallest absolute Gasteiger partial charge is 0.206 e. The Bertz CT molecular complexity index is 1270. The molecule has 0 N–H and O–H groups in total. The van der Waals surface area contributed by atoms with Gasteiger partial charge in [-0.25, -0.2) is 22.0 Å². The minimum Gasteiger partial charge on any atom is -0.206 e. The second-order valence-electron chi connectivity index (χ2n) is 9.24. The van der Waals surface area contributed by atoms with Crippen molar-refractivity contribution in [3.8, 4) is 22.3 Å². The summed E-state index contributed by atoms with van der Waals surface area (Å²) in [5, 5.41) is 0. The van der Waals surface area contributed by atoms with E-state index >= 15 is 0 Å². The first-order chi connectivity index (χ1) is 16.9. The third kappa shape index (κ3) is 5.63. The van der Waals surface area contributed by atoms with Gasteiger partial charge in [0.2, 0.25) is 0 Å². The van der Waals surface area contributed by atoms with E-state index in [1.165, 1.54) is 18.2 Å². The van der Waals surface area contributed by atoms with Crippen LogP contribution in [0.25, 0.3) is 28.1 Å². The molecule has 3 aromatic carbocycles. The van der Waals surface area contributed by atoms with Crippen LogP contribution in [0, 0.1) is 29.2 Å². The van der Waals surface area contributed by atoms with Crippen LogP contribution >= 0.6 is 0 Å². The van der Waals surface area contributed by atoms with E-state index in [-0.39, 0.29) is 28.2 Å². The van der Waals surface area contributed by atoms with E-state index < -0.39 is 46.9 Å². The Kier molecular flexibility index (Phi) is 7.25. The molecule has 0 aromatic heterocycles. The molecule has 0 bridgehead atoms. The van der Waals surface area contributed by atoms with Crippen LogP contribution in [0.3, 0.4) is 0 Å². The minimum atomic E-state index is -5.12. The molecular formula is C28H22F8. The summed E-state index contributed by atoms with van der Waals surface area (Å²) in [7, 11) is 0. The molecule has 1 aliphatic rings. The van der Waals surface area contributed by atoms with E-state index in [0.29, 0.717) is 18.1 Å². The van der Waals surface area contributed by atoms with E-state index in [2.05, 4.69) is 6.92 Å². The fourth-order valence-electron chi connectivity index (χ4n) is 4.70. The van der Waals surface area contributed by atoms with Crippen molar-refractivity contribution in [1.29, 1.82) is 0 Å². The van der Waals surface area contributed by atoms with Crippen molar-refractivity contribution in [2.75, 3.05) is 0 Å². The van der Waals surface area contributed by atoms with Crippen molar-refractivity contribution in [3.63, 3.8) is 0 Å². The summed E-state index contributed by atoms with van der Waals surface area (Å²) in [5.41, 5.74) is -0.882. The first-order valence-electron chi connectivity index (χ1n) is 11.5. The predicted molar refractivity (Wildman–Crippen MR) is 123 cm³/mol. The highest BCUT2D eigenvalue weighted by Gasteiger charge is 2.28. The van der Waals surface area contributed by atoms with Gasteiger partial charge in [-0.05, 0) is 65.6 Å². The van der Waals surface area contributed by atoms with E-state index in [1.807, 2.05) is 6.07 Å². The predicted octanol–water partition coefficient (Wildman–Crippen LogP) is 9.74. The van der Waals surface area contributed by atoms with Crippen molar-refractivity contribution >= 4 is 5.83 Å². The number of rotatable bonds is 4. The molecule has 0 nitrogen and oxygen atoms in total. The zero-order valence-electron chi connectivity index (χ0n) is 19.2. The van der Waals surface area contributed by atoms with Gasteiger partial charge in [0.15, 0.2) is 0 Å². The highest BCUT2D eigenvalue weighted by Crippen LogP contribution is 2.38. The van der Waals surface area contributed by atoms with Crippen LogP contribution in [0.5, 0.6) is 0 Å². The van der Waals surface area contributed by atoms with Crippen molar-refractivity contribution in [2.45, 2.75) is 44.7 Å². The van der Waals surface area contributed by atoms with Gasteiger partial charge in [0.1, 0.15) is 29.1 Å². The Morgan fingerprint density at radius 2 is 1.25 bits per heavy atom. The summed E-state index contributed by atoms with van der Waals surface area (Å²) in [6, 6.07) is 9.47. The molecule has 4 rings (SSSR count). The molecule has 0 atom stereocenters. The molecule has 0 spiro atoms. The number of benzene rings is 3. The topological polar surface area (TPSA) is 0 Å². The molecule has 1 fully saturated rings. The summed E-state index contributed by atoms with van der Waals surface area (Å²) in [4.78, 5) is 0. The van der Waals surface area contributed by atoms with Crippen LogP contribution < -0.4 is 0 Å². The van der Waals surface area contributed by atoms with Crippen molar-refractivity contribution in [2.24, 2.45) is 5.92 Å². The standard InChI is InChI=1S/C28H22F8/c1-15-2-4-16(5-3-15)17-6-8-20(22(29)10-17)18-7-9-21(23(30)11-18)19-12-24(31)27(25(32)13-19)26(33)14-28(34,35)36/h6-16H,2-5H2,1H3/b26-14-. The summed E-state index contributed by atoms with van der Waals surface area (Å²) in [5.74, 6) is -5.91. The van der Waals surface area contributed by atoms with Gasteiger partial charge >= 0.3 is 6.18 Å². The lowest BCUT2D eigenvalue weighted by molar-refractivity contribution is -0.0798. The quantitative estimate of drug-likeness (QED) is 0.307. The molecule has 1 saturated carbocycles. The van der Waals surface area contributed by atoms with Crippen LogP contribution in [0.2, 0.25) is 0 Å². The lowest BCUT2D eigenvalue weighted by atomic mass is 9.79. The zero-order chi connectivity index (χ0) is 26.2. The summed E-state index contributed by atoms with van der Waals surface area (Å²) < 4.78 is 109. The van der Waals surface area contributed by atoms with Crippen molar-refractivity contribution in [1.82, 2.24) is 0 Å². The van der Waals surface area contributed by atoms with Gasteiger partial charge < -0.3 is 0 Å². The van der Waals surface area contributed by atoms with E-state index in [0.717, 1.165) is 37.3 Å². The SMILES string of the molecule is CC1CCC(c2ccc(-c3ccc(-c4cc(F)c(/C(F)=C/C(F)(F)F)c(F)c4)c(F)c3)c(F)c2)CC1. The molecule has 0 amide bonds. The Morgan fingerprint density at radius 1 is 0.722 bits per heavy atom. The van der Waals surface area contributed by atoms with E-state index in [1.54, 1.807) is 6.07 Å². The monoisotopic (exact) mass is 510 g/mol. The minimum absolute atomic E-state index is 0.153. The molecule has 36 heavy (non-hydrogen) atoms. The first kappa shape index (κ1) is 25.9. The van der Waals surface area contributed by atoms with Gasteiger partial charge in [-0.3, -0.25) is 0 Å². The second-order valence-corrected chi connectivity index (χ2v) is 9.24. The highest BCUT2D eigenvalue weighted by atomic mass is 19.4. The number of hydrogen-bond acceptors (Lipinski definition) is 0. The number of hydrogen-bond donors (Lipinski definition) is 0. The highest BCUT2D eigenvalue weighted by molar-refractivity contribution is 5.73. The van der Waals surface area contributed by atoms with E-state index in [4.69, 9.17) is 0 Å². The first-order valence-corrected chi connectivity index (χ1v) is 11.5. The molecule has 190 valence electrons. The van der Waals surface area contributed by atoms with Crippen LogP contribution in [-0.2, 0) is 0 Å². The fourth-order valence-corrected chi connectivity index (χ4v) is 4.70. The summed E-state index contributed by atoms with van der Waals surface area (Å²) >= 11 is 0. The maximum absolute atomic E-state index is 14.9. The van der Waals surface area contributed by atoms with Crippen LogP contribution in [-0.4, -0.2) is 6.18 Å². The second kappa shape index (κ2) is 10.1. The van der Waals surface area contributed by atoms with Gasteiger partial charge in [-0.15, -0.1) is 0 Å². The molecular weight excluding hydrogens is 488 g/mol. The Hall–Kier alpha value is -3.16. The van der Waals surface area contributed by atoms with Gasteiger partial charge in [-0.1, -0.05) is 44.0 Å². The Balaban J connectivity index is 1.62. The largest absolute Gasteiger partial charge is 0.412 e. The maximum atomic E-state index is 14.9. The van der Waals surface area contributed by atoms with Gasteiger partial charge in [0.05, 0.1) is 11.6 Å². The fraction of sp³-hybridized carbons (Fsp3) is 0.286. The average Bonchev–Trinajstić information content (AvgIpc) is 2.77. The third-order valence-corrected chi connectivity index (χ3v) is 6.64. The molecule has 0 unspecified atom stereocenters. The van der Waals surface area contributed by atoms with Gasteiger partial charge in [0.25, 0.3) is 0 Å². The average molecular weight is 510 g/mol. The lowest BCUT2D eigenvalue weighted by Gasteiger charge is -2.26. The number of halogens is 8. The molecule has 0 radical (unpaired) electrons. The summed E-state index contributed by atoms with van der Waals surface area (Å²) in [6.07, 6.45) is -1.87. The van der Waals surface area contributed by atoms with Crippen LogP contribution in [0.1, 0.15) is 49.7 Å². The Labute approximate surface area is 203 Å². The maximum Gasteiger partial charge on any atom is 0.412 e. The van der Waals surface area contributed by atoms with Crippen LogP contribution in [0.15, 0.2) is 54.6 Å². The van der Waals surface area contributed by atoms with Gasteiger partial charge in [0, 0.05) is 11.1 Å². The molecule has 8 heteroatoms. The third-order valence-electron chi connectivity index (χ3n) is 6.64. The van der Waals surface area contributed by atoms with E-state index in [9.17, 15) is 35.1 Å². The molecule has 0 aliphatic heterocycles. The molecule has 0 saturated heterocycles. The molecule has 3 aromatic rings. The molecule has 0 heterocycles. The van der Waals surface area contributed by atoms with Crippen LogP contribution in [0.4, 0.5) is 35.1 Å². The summed E-state index contributed by atoms with van der Waals surface area (Å²) in [6.45, 7) is 2.19. The van der Waals surface area contributed by atoms with Gasteiger partial charge in [-0.2, -0.15) is 13.2 Å². The Morgan fingerprint density at radius 3 is 1.81 bits per heavy atom.